The first-order valence-electron chi connectivity index (χ1n) is 8.09. The topological polar surface area (TPSA) is 104 Å². The molecule has 130 valence electrons. The lowest BCUT2D eigenvalue weighted by Gasteiger charge is -2.26. The Hall–Kier alpha value is -2.80. The Balaban J connectivity index is 1.87. The molecule has 0 amide bonds. The average Bonchev–Trinajstić information content (AvgIpc) is 2.56. The summed E-state index contributed by atoms with van der Waals surface area (Å²) in [5.74, 6) is 0.818. The van der Waals surface area contributed by atoms with Gasteiger partial charge < -0.3 is 15.5 Å². The number of benzene rings is 1. The monoisotopic (exact) mass is 339 g/mol. The molecule has 0 aliphatic carbocycles. The highest BCUT2D eigenvalue weighted by Crippen LogP contribution is 2.22. The highest BCUT2D eigenvalue weighted by Gasteiger charge is 2.22. The first kappa shape index (κ1) is 17.0. The van der Waals surface area contributed by atoms with Gasteiger partial charge in [-0.2, -0.15) is 0 Å². The fraction of sp³-hybridized carbons (Fsp3) is 0.333. The molecule has 0 radical (unpaired) electrons. The third-order valence-electron chi connectivity index (χ3n) is 3.78. The molecule has 0 saturated carbocycles. The molecule has 1 unspecified atom stereocenters. The van der Waals surface area contributed by atoms with Crippen molar-refractivity contribution in [3.8, 4) is 5.75 Å². The molecule has 0 aliphatic heterocycles. The molecule has 1 aromatic carbocycles. The zero-order chi connectivity index (χ0) is 17.9. The summed E-state index contributed by atoms with van der Waals surface area (Å²) in [6, 6.07) is 6.97. The fourth-order valence-electron chi connectivity index (χ4n) is 2.79. The summed E-state index contributed by atoms with van der Waals surface area (Å²) in [5, 5.41) is 23.1. The minimum absolute atomic E-state index is 0.0790. The number of aromatic nitrogens is 4. The summed E-state index contributed by atoms with van der Waals surface area (Å²) in [6.07, 6.45) is 5.81. The van der Waals surface area contributed by atoms with E-state index in [1.807, 2.05) is 12.1 Å². The van der Waals surface area contributed by atoms with Gasteiger partial charge in [0, 0.05) is 18.4 Å². The van der Waals surface area contributed by atoms with Gasteiger partial charge in [0.1, 0.15) is 17.6 Å². The standard InChI is InChI=1S/C18H21N5O2/c1-18(2,25)10-13(9-12-3-5-14(24)6-4-12)23-17-15-16(21-11-22-17)20-8-7-19-15/h3-8,11,13,24-25H,9-10H2,1-2H3,(H,20,21,22,23). The maximum absolute atomic E-state index is 10.3. The Kier molecular flexibility index (Phi) is 4.76. The van der Waals surface area contributed by atoms with E-state index < -0.39 is 5.60 Å². The minimum atomic E-state index is -0.844. The molecule has 3 N–H and O–H groups in total. The van der Waals surface area contributed by atoms with E-state index in [1.165, 1.54) is 6.33 Å². The van der Waals surface area contributed by atoms with Crippen LogP contribution in [0.2, 0.25) is 0 Å². The number of anilines is 1. The molecule has 0 aliphatic rings. The molecule has 3 rings (SSSR count). The quantitative estimate of drug-likeness (QED) is 0.633. The molecular formula is C18H21N5O2. The predicted octanol–water partition coefficient (Wildman–Crippen LogP) is 2.31. The zero-order valence-electron chi connectivity index (χ0n) is 14.2. The number of fused-ring (bicyclic) bond motifs is 1. The molecule has 25 heavy (non-hydrogen) atoms. The number of phenolic OH excluding ortho intramolecular Hbond substituents is 1. The highest BCUT2D eigenvalue weighted by molar-refractivity contribution is 5.81. The van der Waals surface area contributed by atoms with E-state index in [0.29, 0.717) is 29.8 Å². The van der Waals surface area contributed by atoms with Gasteiger partial charge in [-0.05, 0) is 44.4 Å². The number of aromatic hydroxyl groups is 1. The summed E-state index contributed by atoms with van der Waals surface area (Å²) >= 11 is 0. The summed E-state index contributed by atoms with van der Waals surface area (Å²) in [5.41, 5.74) is 1.32. The second kappa shape index (κ2) is 6.98. The van der Waals surface area contributed by atoms with Crippen molar-refractivity contribution < 1.29 is 10.2 Å². The van der Waals surface area contributed by atoms with Crippen LogP contribution in [0.25, 0.3) is 11.2 Å². The van der Waals surface area contributed by atoms with E-state index in [0.717, 1.165) is 5.56 Å². The van der Waals surface area contributed by atoms with Gasteiger partial charge in [0.25, 0.3) is 0 Å². The van der Waals surface area contributed by atoms with E-state index in [9.17, 15) is 10.2 Å². The van der Waals surface area contributed by atoms with Crippen LogP contribution in [-0.2, 0) is 6.42 Å². The Morgan fingerprint density at radius 1 is 1.04 bits per heavy atom. The lowest BCUT2D eigenvalue weighted by Crippen LogP contribution is -2.33. The SMILES string of the molecule is CC(C)(O)CC(Cc1ccc(O)cc1)Nc1ncnc2nccnc12. The van der Waals surface area contributed by atoms with E-state index in [1.54, 1.807) is 38.4 Å². The maximum atomic E-state index is 10.3. The summed E-state index contributed by atoms with van der Waals surface area (Å²) in [4.78, 5) is 16.9. The third kappa shape index (κ3) is 4.60. The average molecular weight is 339 g/mol. The number of phenols is 1. The number of rotatable bonds is 6. The molecule has 0 bridgehead atoms. The summed E-state index contributed by atoms with van der Waals surface area (Å²) in [7, 11) is 0. The molecule has 0 fully saturated rings. The number of aliphatic hydroxyl groups is 1. The van der Waals surface area contributed by atoms with Crippen molar-refractivity contribution in [1.82, 2.24) is 19.9 Å². The lowest BCUT2D eigenvalue weighted by atomic mass is 9.94. The van der Waals surface area contributed by atoms with Crippen molar-refractivity contribution in [3.05, 3.63) is 48.5 Å². The first-order chi connectivity index (χ1) is 11.9. The van der Waals surface area contributed by atoms with Crippen LogP contribution in [0.1, 0.15) is 25.8 Å². The van der Waals surface area contributed by atoms with Crippen LogP contribution in [0.3, 0.4) is 0 Å². The van der Waals surface area contributed by atoms with Gasteiger partial charge in [-0.1, -0.05) is 12.1 Å². The van der Waals surface area contributed by atoms with Crippen LogP contribution in [0, 0.1) is 0 Å². The molecule has 0 spiro atoms. The van der Waals surface area contributed by atoms with Crippen molar-refractivity contribution in [2.24, 2.45) is 0 Å². The van der Waals surface area contributed by atoms with Crippen LogP contribution in [-0.4, -0.2) is 41.8 Å². The largest absolute Gasteiger partial charge is 0.508 e. The van der Waals surface area contributed by atoms with E-state index >= 15 is 0 Å². The predicted molar refractivity (Wildman–Crippen MR) is 95.3 cm³/mol. The van der Waals surface area contributed by atoms with Gasteiger partial charge in [0.05, 0.1) is 5.60 Å². The summed E-state index contributed by atoms with van der Waals surface area (Å²) in [6.45, 7) is 3.55. The number of nitrogens with one attached hydrogen (secondary N) is 1. The zero-order valence-corrected chi connectivity index (χ0v) is 14.2. The van der Waals surface area contributed by atoms with Gasteiger partial charge in [-0.3, -0.25) is 0 Å². The maximum Gasteiger partial charge on any atom is 0.183 e. The third-order valence-corrected chi connectivity index (χ3v) is 3.78. The Morgan fingerprint density at radius 2 is 1.76 bits per heavy atom. The fourth-order valence-corrected chi connectivity index (χ4v) is 2.79. The number of hydrogen-bond acceptors (Lipinski definition) is 7. The van der Waals surface area contributed by atoms with Gasteiger partial charge in [-0.25, -0.2) is 19.9 Å². The Morgan fingerprint density at radius 3 is 2.48 bits per heavy atom. The molecule has 7 nitrogen and oxygen atoms in total. The van der Waals surface area contributed by atoms with Crippen molar-refractivity contribution in [2.45, 2.75) is 38.3 Å². The Bertz CT molecular complexity index is 841. The number of nitrogens with zero attached hydrogens (tertiary/aromatic N) is 4. The Labute approximate surface area is 145 Å². The molecule has 0 saturated heterocycles. The van der Waals surface area contributed by atoms with Crippen LogP contribution >= 0.6 is 0 Å². The van der Waals surface area contributed by atoms with E-state index in [-0.39, 0.29) is 11.8 Å². The van der Waals surface area contributed by atoms with Gasteiger partial charge in [-0.15, -0.1) is 0 Å². The van der Waals surface area contributed by atoms with E-state index in [2.05, 4.69) is 25.3 Å². The molecule has 1 atom stereocenters. The van der Waals surface area contributed by atoms with Crippen molar-refractivity contribution in [1.29, 1.82) is 0 Å². The van der Waals surface area contributed by atoms with Crippen LogP contribution in [0.15, 0.2) is 43.0 Å². The number of hydrogen-bond donors (Lipinski definition) is 3. The second-order valence-electron chi connectivity index (χ2n) is 6.68. The smallest absolute Gasteiger partial charge is 0.183 e. The van der Waals surface area contributed by atoms with Crippen molar-refractivity contribution in [3.63, 3.8) is 0 Å². The molecule has 3 aromatic rings. The molecule has 2 heterocycles. The van der Waals surface area contributed by atoms with Crippen LogP contribution in [0.5, 0.6) is 5.75 Å². The minimum Gasteiger partial charge on any atom is -0.508 e. The van der Waals surface area contributed by atoms with Gasteiger partial charge in [0.2, 0.25) is 0 Å². The second-order valence-corrected chi connectivity index (χ2v) is 6.68. The van der Waals surface area contributed by atoms with Gasteiger partial charge >= 0.3 is 0 Å². The lowest BCUT2D eigenvalue weighted by molar-refractivity contribution is 0.0656. The van der Waals surface area contributed by atoms with E-state index in [4.69, 9.17) is 0 Å². The highest BCUT2D eigenvalue weighted by atomic mass is 16.3. The van der Waals surface area contributed by atoms with Crippen molar-refractivity contribution in [2.75, 3.05) is 5.32 Å². The molecule has 2 aromatic heterocycles. The normalized spacial score (nSPS) is 12.9. The summed E-state index contributed by atoms with van der Waals surface area (Å²) < 4.78 is 0. The first-order valence-corrected chi connectivity index (χ1v) is 8.09. The van der Waals surface area contributed by atoms with Crippen molar-refractivity contribution >= 4 is 17.0 Å². The molecule has 7 heteroatoms. The molecular weight excluding hydrogens is 318 g/mol. The van der Waals surface area contributed by atoms with Crippen LogP contribution < -0.4 is 5.32 Å². The van der Waals surface area contributed by atoms with Gasteiger partial charge in [0.15, 0.2) is 11.5 Å². The van der Waals surface area contributed by atoms with Crippen LogP contribution in [0.4, 0.5) is 5.82 Å².